The van der Waals surface area contributed by atoms with Crippen LogP contribution in [0.5, 0.6) is 0 Å². The lowest BCUT2D eigenvalue weighted by Crippen LogP contribution is -2.06. The third kappa shape index (κ3) is 3.37. The summed E-state index contributed by atoms with van der Waals surface area (Å²) < 4.78 is 5.40. The number of aromatic nitrogens is 2. The fraction of sp³-hybridized carbons (Fsp3) is 0.333. The van der Waals surface area contributed by atoms with E-state index in [-0.39, 0.29) is 6.04 Å². The van der Waals surface area contributed by atoms with Gasteiger partial charge in [0.15, 0.2) is 0 Å². The summed E-state index contributed by atoms with van der Waals surface area (Å²) in [4.78, 5) is 0. The molecule has 1 N–H and O–H groups in total. The van der Waals surface area contributed by atoms with Gasteiger partial charge in [-0.3, -0.25) is 0 Å². The molecular formula is C12H13Cl2N3O. The highest BCUT2D eigenvalue weighted by molar-refractivity contribution is 6.30. The van der Waals surface area contributed by atoms with E-state index in [1.165, 1.54) is 0 Å². The zero-order chi connectivity index (χ0) is 13.0. The van der Waals surface area contributed by atoms with Gasteiger partial charge >= 0.3 is 6.01 Å². The Morgan fingerprint density at radius 2 is 2.00 bits per heavy atom. The van der Waals surface area contributed by atoms with Gasteiger partial charge in [0.05, 0.1) is 6.04 Å². The van der Waals surface area contributed by atoms with Gasteiger partial charge in [0.2, 0.25) is 5.89 Å². The molecule has 0 aliphatic heterocycles. The van der Waals surface area contributed by atoms with E-state index in [4.69, 9.17) is 27.6 Å². The summed E-state index contributed by atoms with van der Waals surface area (Å²) in [6.45, 7) is 2.01. The van der Waals surface area contributed by atoms with Gasteiger partial charge in [-0.05, 0) is 24.6 Å². The van der Waals surface area contributed by atoms with E-state index < -0.39 is 0 Å². The van der Waals surface area contributed by atoms with Crippen LogP contribution in [0.2, 0.25) is 5.02 Å². The Bertz CT molecular complexity index is 498. The summed E-state index contributed by atoms with van der Waals surface area (Å²) in [5, 5.41) is 11.6. The first-order chi connectivity index (χ1) is 8.69. The minimum Gasteiger partial charge on any atom is -0.408 e. The Morgan fingerprint density at radius 3 is 2.67 bits per heavy atom. The Kier molecular flexibility index (Phi) is 4.44. The lowest BCUT2D eigenvalue weighted by atomic mass is 10.1. The summed E-state index contributed by atoms with van der Waals surface area (Å²) in [7, 11) is 0. The molecule has 1 aromatic heterocycles. The van der Waals surface area contributed by atoms with E-state index in [0.717, 1.165) is 5.56 Å². The van der Waals surface area contributed by atoms with Crippen molar-refractivity contribution in [3.05, 3.63) is 40.7 Å². The molecule has 2 rings (SSSR count). The third-order valence-corrected chi connectivity index (χ3v) is 2.93. The second kappa shape index (κ2) is 6.07. The van der Waals surface area contributed by atoms with E-state index in [0.29, 0.717) is 29.2 Å². The SMILES string of the molecule is CC(Nc1nnc(CCCl)o1)c1ccc(Cl)cc1. The van der Waals surface area contributed by atoms with E-state index in [2.05, 4.69) is 15.5 Å². The third-order valence-electron chi connectivity index (χ3n) is 2.49. The highest BCUT2D eigenvalue weighted by Gasteiger charge is 2.10. The molecule has 4 nitrogen and oxygen atoms in total. The van der Waals surface area contributed by atoms with E-state index in [9.17, 15) is 0 Å². The van der Waals surface area contributed by atoms with Crippen molar-refractivity contribution >= 4 is 29.2 Å². The van der Waals surface area contributed by atoms with Crippen LogP contribution >= 0.6 is 23.2 Å². The standard InChI is InChI=1S/C12H13Cl2N3O/c1-8(9-2-4-10(14)5-3-9)15-12-17-16-11(18-12)6-7-13/h2-5,8H,6-7H2,1H3,(H,15,17). The molecule has 2 aromatic rings. The molecule has 0 radical (unpaired) electrons. The predicted octanol–water partition coefficient (Wildman–Crippen LogP) is 3.68. The van der Waals surface area contributed by atoms with Crippen molar-refractivity contribution in [2.45, 2.75) is 19.4 Å². The van der Waals surface area contributed by atoms with Crippen molar-refractivity contribution in [3.63, 3.8) is 0 Å². The fourth-order valence-corrected chi connectivity index (χ4v) is 1.80. The van der Waals surface area contributed by atoms with Crippen molar-refractivity contribution in [3.8, 4) is 0 Å². The number of alkyl halides is 1. The first kappa shape index (κ1) is 13.2. The quantitative estimate of drug-likeness (QED) is 0.852. The van der Waals surface area contributed by atoms with Gasteiger partial charge in [-0.1, -0.05) is 28.8 Å². The molecule has 96 valence electrons. The van der Waals surface area contributed by atoms with Crippen LogP contribution in [0, 0.1) is 0 Å². The maximum atomic E-state index is 5.84. The maximum absolute atomic E-state index is 5.84. The van der Waals surface area contributed by atoms with Crippen LogP contribution in [0.1, 0.15) is 24.4 Å². The minimum absolute atomic E-state index is 0.0616. The Hall–Kier alpha value is -1.26. The summed E-state index contributed by atoms with van der Waals surface area (Å²) in [6.07, 6.45) is 0.575. The molecule has 0 bridgehead atoms. The second-order valence-electron chi connectivity index (χ2n) is 3.86. The van der Waals surface area contributed by atoms with Gasteiger partial charge in [-0.25, -0.2) is 0 Å². The van der Waals surface area contributed by atoms with Crippen LogP contribution < -0.4 is 5.32 Å². The van der Waals surface area contributed by atoms with Crippen molar-refractivity contribution < 1.29 is 4.42 Å². The molecule has 6 heteroatoms. The zero-order valence-electron chi connectivity index (χ0n) is 9.86. The molecule has 1 heterocycles. The maximum Gasteiger partial charge on any atom is 0.315 e. The molecule has 0 aliphatic rings. The molecule has 1 aromatic carbocycles. The van der Waals surface area contributed by atoms with Crippen molar-refractivity contribution in [1.82, 2.24) is 10.2 Å². The molecule has 0 fully saturated rings. The highest BCUT2D eigenvalue weighted by Crippen LogP contribution is 2.20. The first-order valence-electron chi connectivity index (χ1n) is 5.59. The lowest BCUT2D eigenvalue weighted by molar-refractivity contribution is 0.508. The van der Waals surface area contributed by atoms with E-state index in [1.807, 2.05) is 31.2 Å². The molecule has 0 spiro atoms. The van der Waals surface area contributed by atoms with Gasteiger partial charge in [-0.15, -0.1) is 16.7 Å². The minimum atomic E-state index is 0.0616. The van der Waals surface area contributed by atoms with Crippen molar-refractivity contribution in [1.29, 1.82) is 0 Å². The predicted molar refractivity (Wildman–Crippen MR) is 72.2 cm³/mol. The topological polar surface area (TPSA) is 51.0 Å². The molecule has 0 amide bonds. The average Bonchev–Trinajstić information content (AvgIpc) is 2.78. The van der Waals surface area contributed by atoms with E-state index >= 15 is 0 Å². The van der Waals surface area contributed by atoms with Gasteiger partial charge in [0, 0.05) is 17.3 Å². The molecule has 18 heavy (non-hydrogen) atoms. The van der Waals surface area contributed by atoms with Crippen LogP contribution in [0.25, 0.3) is 0 Å². The molecule has 1 atom stereocenters. The Labute approximate surface area is 115 Å². The number of hydrogen-bond acceptors (Lipinski definition) is 4. The number of anilines is 1. The first-order valence-corrected chi connectivity index (χ1v) is 6.50. The van der Waals surface area contributed by atoms with Gasteiger partial charge in [0.1, 0.15) is 0 Å². The average molecular weight is 286 g/mol. The summed E-state index contributed by atoms with van der Waals surface area (Å²) in [6, 6.07) is 8.07. The molecule has 0 aliphatic carbocycles. The fourth-order valence-electron chi connectivity index (χ4n) is 1.51. The van der Waals surface area contributed by atoms with E-state index in [1.54, 1.807) is 0 Å². The number of hydrogen-bond donors (Lipinski definition) is 1. The highest BCUT2D eigenvalue weighted by atomic mass is 35.5. The summed E-state index contributed by atoms with van der Waals surface area (Å²) in [5.41, 5.74) is 1.09. The smallest absolute Gasteiger partial charge is 0.315 e. The van der Waals surface area contributed by atoms with Crippen LogP contribution in [-0.2, 0) is 6.42 Å². The molecule has 0 saturated heterocycles. The molecule has 0 saturated carbocycles. The van der Waals surface area contributed by atoms with Gasteiger partial charge in [0.25, 0.3) is 0 Å². The Morgan fingerprint density at radius 1 is 1.28 bits per heavy atom. The number of aryl methyl sites for hydroxylation is 1. The summed E-state index contributed by atoms with van der Waals surface area (Å²) in [5.74, 6) is 1.00. The monoisotopic (exact) mass is 285 g/mol. The number of benzene rings is 1. The summed E-state index contributed by atoms with van der Waals surface area (Å²) >= 11 is 11.4. The van der Waals surface area contributed by atoms with Gasteiger partial charge in [-0.2, -0.15) is 0 Å². The normalized spacial score (nSPS) is 12.4. The molecule has 1 unspecified atom stereocenters. The number of halogens is 2. The number of nitrogens with one attached hydrogen (secondary N) is 1. The van der Waals surface area contributed by atoms with Crippen LogP contribution in [0.15, 0.2) is 28.7 Å². The van der Waals surface area contributed by atoms with Crippen LogP contribution in [-0.4, -0.2) is 16.1 Å². The number of rotatable bonds is 5. The lowest BCUT2D eigenvalue weighted by Gasteiger charge is -2.11. The van der Waals surface area contributed by atoms with Gasteiger partial charge < -0.3 is 9.73 Å². The van der Waals surface area contributed by atoms with Crippen molar-refractivity contribution in [2.75, 3.05) is 11.2 Å². The Balaban J connectivity index is 2.01. The number of nitrogens with zero attached hydrogens (tertiary/aromatic N) is 2. The largest absolute Gasteiger partial charge is 0.408 e. The van der Waals surface area contributed by atoms with Crippen LogP contribution in [0.4, 0.5) is 6.01 Å². The second-order valence-corrected chi connectivity index (χ2v) is 4.67. The molecular weight excluding hydrogens is 273 g/mol. The van der Waals surface area contributed by atoms with Crippen molar-refractivity contribution in [2.24, 2.45) is 0 Å². The van der Waals surface area contributed by atoms with Crippen LogP contribution in [0.3, 0.4) is 0 Å². The zero-order valence-corrected chi connectivity index (χ0v) is 11.4.